The van der Waals surface area contributed by atoms with Crippen LogP contribution >= 0.6 is 15.9 Å². The maximum absolute atomic E-state index is 12.7. The Morgan fingerprint density at radius 2 is 1.68 bits per heavy atom. The van der Waals surface area contributed by atoms with E-state index in [2.05, 4.69) is 31.2 Å². The van der Waals surface area contributed by atoms with Crippen molar-refractivity contribution in [3.63, 3.8) is 0 Å². The van der Waals surface area contributed by atoms with E-state index in [1.165, 1.54) is 0 Å². The molecule has 1 amide bonds. The minimum Gasteiger partial charge on any atom is -0.476 e. The van der Waals surface area contributed by atoms with Crippen molar-refractivity contribution in [2.75, 3.05) is 11.9 Å². The van der Waals surface area contributed by atoms with E-state index in [-0.39, 0.29) is 17.5 Å². The SMILES string of the molecule is CCOc1nc2cc(C)c(C)cc2nc1C(=O)Nc1ccc(Br)cc1. The second kappa shape index (κ2) is 7.19. The number of rotatable bonds is 4. The molecule has 5 nitrogen and oxygen atoms in total. The molecule has 0 saturated heterocycles. The molecule has 1 N–H and O–H groups in total. The summed E-state index contributed by atoms with van der Waals surface area (Å²) in [5, 5.41) is 2.83. The lowest BCUT2D eigenvalue weighted by Crippen LogP contribution is -2.16. The number of carbonyl (C=O) groups excluding carboxylic acids is 1. The van der Waals surface area contributed by atoms with Gasteiger partial charge < -0.3 is 10.1 Å². The maximum atomic E-state index is 12.7. The maximum Gasteiger partial charge on any atom is 0.279 e. The molecule has 1 aromatic heterocycles. The van der Waals surface area contributed by atoms with Gasteiger partial charge in [-0.05, 0) is 68.3 Å². The number of nitrogens with one attached hydrogen (secondary N) is 1. The Morgan fingerprint density at radius 1 is 1.08 bits per heavy atom. The zero-order valence-electron chi connectivity index (χ0n) is 14.3. The van der Waals surface area contributed by atoms with E-state index >= 15 is 0 Å². The molecular weight excluding hydrogens is 382 g/mol. The summed E-state index contributed by atoms with van der Waals surface area (Å²) in [4.78, 5) is 21.7. The molecule has 1 heterocycles. The van der Waals surface area contributed by atoms with E-state index in [0.29, 0.717) is 23.3 Å². The normalized spacial score (nSPS) is 10.7. The molecule has 0 fully saturated rings. The third-order valence-electron chi connectivity index (χ3n) is 3.85. The van der Waals surface area contributed by atoms with Gasteiger partial charge in [0.1, 0.15) is 0 Å². The molecule has 0 aliphatic heterocycles. The average Bonchev–Trinajstić information content (AvgIpc) is 2.58. The Balaban J connectivity index is 2.02. The number of amides is 1. The fourth-order valence-electron chi connectivity index (χ4n) is 2.40. The van der Waals surface area contributed by atoms with Gasteiger partial charge in [-0.1, -0.05) is 15.9 Å². The summed E-state index contributed by atoms with van der Waals surface area (Å²) < 4.78 is 6.49. The molecular formula is C19H18BrN3O2. The Labute approximate surface area is 154 Å². The zero-order chi connectivity index (χ0) is 18.0. The number of anilines is 1. The van der Waals surface area contributed by atoms with Crippen molar-refractivity contribution in [1.29, 1.82) is 0 Å². The van der Waals surface area contributed by atoms with Gasteiger partial charge in [0.15, 0.2) is 5.69 Å². The van der Waals surface area contributed by atoms with Crippen LogP contribution in [-0.2, 0) is 0 Å². The van der Waals surface area contributed by atoms with Gasteiger partial charge >= 0.3 is 0 Å². The van der Waals surface area contributed by atoms with Crippen molar-refractivity contribution >= 4 is 38.6 Å². The summed E-state index contributed by atoms with van der Waals surface area (Å²) in [6.07, 6.45) is 0. The minimum atomic E-state index is -0.349. The van der Waals surface area contributed by atoms with Crippen molar-refractivity contribution in [2.24, 2.45) is 0 Å². The van der Waals surface area contributed by atoms with E-state index in [0.717, 1.165) is 15.6 Å². The van der Waals surface area contributed by atoms with Crippen molar-refractivity contribution in [3.8, 4) is 5.88 Å². The Bertz CT molecular complexity index is 940. The van der Waals surface area contributed by atoms with Gasteiger partial charge in [0.2, 0.25) is 5.88 Å². The van der Waals surface area contributed by atoms with Gasteiger partial charge in [0.05, 0.1) is 17.6 Å². The number of aromatic nitrogens is 2. The molecule has 6 heteroatoms. The highest BCUT2D eigenvalue weighted by molar-refractivity contribution is 9.10. The van der Waals surface area contributed by atoms with Crippen LogP contribution in [0.1, 0.15) is 28.5 Å². The molecule has 0 saturated carbocycles. The number of fused-ring (bicyclic) bond motifs is 1. The van der Waals surface area contributed by atoms with Crippen LogP contribution in [0, 0.1) is 13.8 Å². The van der Waals surface area contributed by atoms with Crippen LogP contribution in [0.25, 0.3) is 11.0 Å². The highest BCUT2D eigenvalue weighted by Crippen LogP contribution is 2.23. The van der Waals surface area contributed by atoms with Crippen molar-refractivity contribution in [1.82, 2.24) is 9.97 Å². The van der Waals surface area contributed by atoms with Crippen molar-refractivity contribution in [2.45, 2.75) is 20.8 Å². The summed E-state index contributed by atoms with van der Waals surface area (Å²) >= 11 is 3.37. The standard InChI is InChI=1S/C19H18BrN3O2/c1-4-25-19-17(18(24)21-14-7-5-13(20)6-8-14)22-15-9-11(2)12(3)10-16(15)23-19/h5-10H,4H2,1-3H3,(H,21,24). The molecule has 25 heavy (non-hydrogen) atoms. The van der Waals surface area contributed by atoms with Gasteiger partial charge in [-0.15, -0.1) is 0 Å². The number of ether oxygens (including phenoxy) is 1. The van der Waals surface area contributed by atoms with Gasteiger partial charge in [-0.2, -0.15) is 0 Å². The van der Waals surface area contributed by atoms with E-state index in [1.807, 2.05) is 57.2 Å². The molecule has 0 aliphatic carbocycles. The van der Waals surface area contributed by atoms with Crippen LogP contribution in [0.5, 0.6) is 5.88 Å². The molecule has 128 valence electrons. The molecule has 3 aromatic rings. The van der Waals surface area contributed by atoms with E-state index in [1.54, 1.807) is 0 Å². The lowest BCUT2D eigenvalue weighted by molar-refractivity contribution is 0.101. The molecule has 0 bridgehead atoms. The number of nitrogens with zero attached hydrogens (tertiary/aromatic N) is 2. The summed E-state index contributed by atoms with van der Waals surface area (Å²) in [5.41, 5.74) is 4.47. The molecule has 0 aliphatic rings. The first-order valence-corrected chi connectivity index (χ1v) is 8.76. The van der Waals surface area contributed by atoms with Crippen LogP contribution in [0.15, 0.2) is 40.9 Å². The summed E-state index contributed by atoms with van der Waals surface area (Å²) in [5.74, 6) is -0.105. The van der Waals surface area contributed by atoms with Crippen molar-refractivity contribution < 1.29 is 9.53 Å². The molecule has 0 unspecified atom stereocenters. The van der Waals surface area contributed by atoms with Gasteiger partial charge in [0, 0.05) is 10.2 Å². The topological polar surface area (TPSA) is 64.1 Å². The van der Waals surface area contributed by atoms with Crippen LogP contribution in [0.3, 0.4) is 0 Å². The molecule has 2 aromatic carbocycles. The number of hydrogen-bond donors (Lipinski definition) is 1. The van der Waals surface area contributed by atoms with Gasteiger partial charge in [0.25, 0.3) is 5.91 Å². The largest absolute Gasteiger partial charge is 0.476 e. The van der Waals surface area contributed by atoms with Crippen molar-refractivity contribution in [3.05, 3.63) is 57.7 Å². The first kappa shape index (κ1) is 17.4. The van der Waals surface area contributed by atoms with Crippen LogP contribution in [-0.4, -0.2) is 22.5 Å². The monoisotopic (exact) mass is 399 g/mol. The molecule has 0 radical (unpaired) electrons. The number of halogens is 1. The fraction of sp³-hybridized carbons (Fsp3) is 0.211. The van der Waals surface area contributed by atoms with Crippen LogP contribution in [0.4, 0.5) is 5.69 Å². The van der Waals surface area contributed by atoms with Gasteiger partial charge in [-0.25, -0.2) is 9.97 Å². The number of hydrogen-bond acceptors (Lipinski definition) is 4. The average molecular weight is 400 g/mol. The second-order valence-corrected chi connectivity index (χ2v) is 6.61. The van der Waals surface area contributed by atoms with Gasteiger partial charge in [-0.3, -0.25) is 4.79 Å². The summed E-state index contributed by atoms with van der Waals surface area (Å²) in [7, 11) is 0. The predicted octanol–water partition coefficient (Wildman–Crippen LogP) is 4.66. The molecule has 0 atom stereocenters. The first-order valence-electron chi connectivity index (χ1n) is 7.96. The van der Waals surface area contributed by atoms with E-state index < -0.39 is 0 Å². The smallest absolute Gasteiger partial charge is 0.279 e. The van der Waals surface area contributed by atoms with E-state index in [4.69, 9.17) is 4.74 Å². The molecule has 3 rings (SSSR count). The summed E-state index contributed by atoms with van der Waals surface area (Å²) in [6.45, 7) is 6.28. The highest BCUT2D eigenvalue weighted by atomic mass is 79.9. The first-order chi connectivity index (χ1) is 12.0. The quantitative estimate of drug-likeness (QED) is 0.692. The van der Waals surface area contributed by atoms with E-state index in [9.17, 15) is 4.79 Å². The van der Waals surface area contributed by atoms with Crippen LogP contribution in [0.2, 0.25) is 0 Å². The minimum absolute atomic E-state index is 0.181. The predicted molar refractivity (Wildman–Crippen MR) is 102 cm³/mol. The fourth-order valence-corrected chi connectivity index (χ4v) is 2.67. The second-order valence-electron chi connectivity index (χ2n) is 5.70. The third-order valence-corrected chi connectivity index (χ3v) is 4.37. The Hall–Kier alpha value is -2.47. The lowest BCUT2D eigenvalue weighted by Gasteiger charge is -2.11. The van der Waals surface area contributed by atoms with Crippen LogP contribution < -0.4 is 10.1 Å². The Kier molecular flexibility index (Phi) is 4.99. The lowest BCUT2D eigenvalue weighted by atomic mass is 10.1. The Morgan fingerprint density at radius 3 is 2.28 bits per heavy atom. The molecule has 0 spiro atoms. The summed E-state index contributed by atoms with van der Waals surface area (Å²) in [6, 6.07) is 11.2. The third kappa shape index (κ3) is 3.79. The number of aryl methyl sites for hydroxylation is 2. The zero-order valence-corrected chi connectivity index (χ0v) is 15.8. The highest BCUT2D eigenvalue weighted by Gasteiger charge is 2.18. The number of carbonyl (C=O) groups is 1. The number of benzene rings is 2.